The third kappa shape index (κ3) is 3.19. The van der Waals surface area contributed by atoms with Crippen LogP contribution in [-0.4, -0.2) is 25.9 Å². The molecule has 2 N–H and O–H groups in total. The quantitative estimate of drug-likeness (QED) is 0.849. The molecule has 1 heterocycles. The van der Waals surface area contributed by atoms with Gasteiger partial charge in [0.1, 0.15) is 5.75 Å². The standard InChI is InChI=1S/C13H19NO3/c1-2-15-11-5-3-4-10(8-11)13-16-9-12(17-13)6-7-14/h3-5,8,12-13H,2,6-7,9,14H2,1H3. The van der Waals surface area contributed by atoms with Gasteiger partial charge in [-0.15, -0.1) is 0 Å². The van der Waals surface area contributed by atoms with Crippen molar-refractivity contribution in [1.29, 1.82) is 0 Å². The first-order valence-corrected chi connectivity index (χ1v) is 6.03. The summed E-state index contributed by atoms with van der Waals surface area (Å²) in [6.07, 6.45) is 0.662. The van der Waals surface area contributed by atoms with Crippen molar-refractivity contribution in [2.45, 2.75) is 25.7 Å². The van der Waals surface area contributed by atoms with Gasteiger partial charge in [-0.3, -0.25) is 0 Å². The third-order valence-electron chi connectivity index (χ3n) is 2.68. The zero-order valence-electron chi connectivity index (χ0n) is 10.1. The van der Waals surface area contributed by atoms with Crippen molar-refractivity contribution < 1.29 is 14.2 Å². The lowest BCUT2D eigenvalue weighted by atomic mass is 10.2. The van der Waals surface area contributed by atoms with Crippen molar-refractivity contribution in [3.8, 4) is 5.75 Å². The molecule has 1 fully saturated rings. The lowest BCUT2D eigenvalue weighted by molar-refractivity contribution is -0.0608. The predicted molar refractivity (Wildman–Crippen MR) is 64.8 cm³/mol. The van der Waals surface area contributed by atoms with Crippen molar-refractivity contribution in [2.24, 2.45) is 5.73 Å². The minimum Gasteiger partial charge on any atom is -0.494 e. The fourth-order valence-electron chi connectivity index (χ4n) is 1.88. The fourth-order valence-corrected chi connectivity index (χ4v) is 1.88. The lowest BCUT2D eigenvalue weighted by Gasteiger charge is -2.12. The maximum atomic E-state index is 5.76. The normalized spacial score (nSPS) is 23.9. The van der Waals surface area contributed by atoms with Crippen LogP contribution in [0.2, 0.25) is 0 Å². The van der Waals surface area contributed by atoms with Crippen LogP contribution in [0.1, 0.15) is 25.2 Å². The molecule has 94 valence electrons. The Morgan fingerprint density at radius 1 is 1.47 bits per heavy atom. The monoisotopic (exact) mass is 237 g/mol. The van der Waals surface area contributed by atoms with Gasteiger partial charge in [0.15, 0.2) is 6.29 Å². The minimum atomic E-state index is -0.285. The summed E-state index contributed by atoms with van der Waals surface area (Å²) >= 11 is 0. The molecule has 0 saturated carbocycles. The summed E-state index contributed by atoms with van der Waals surface area (Å²) in [6.45, 7) is 3.86. The van der Waals surface area contributed by atoms with Crippen LogP contribution in [0.25, 0.3) is 0 Å². The van der Waals surface area contributed by atoms with E-state index < -0.39 is 0 Å². The molecular formula is C13H19NO3. The Labute approximate surface area is 102 Å². The van der Waals surface area contributed by atoms with E-state index in [-0.39, 0.29) is 12.4 Å². The molecule has 2 unspecified atom stereocenters. The molecule has 2 rings (SSSR count). The maximum Gasteiger partial charge on any atom is 0.184 e. The topological polar surface area (TPSA) is 53.7 Å². The minimum absolute atomic E-state index is 0.112. The van der Waals surface area contributed by atoms with Gasteiger partial charge in [0.25, 0.3) is 0 Å². The summed E-state index contributed by atoms with van der Waals surface area (Å²) in [5.41, 5.74) is 6.50. The van der Waals surface area contributed by atoms with Crippen molar-refractivity contribution in [1.82, 2.24) is 0 Å². The molecule has 0 spiro atoms. The second kappa shape index (κ2) is 6.00. The molecule has 0 aliphatic carbocycles. The second-order valence-electron chi connectivity index (χ2n) is 4.01. The van der Waals surface area contributed by atoms with Gasteiger partial charge in [0.05, 0.1) is 19.3 Å². The van der Waals surface area contributed by atoms with Crippen LogP contribution in [0.4, 0.5) is 0 Å². The van der Waals surface area contributed by atoms with Crippen LogP contribution in [-0.2, 0) is 9.47 Å². The Kier molecular flexibility index (Phi) is 4.36. The molecule has 0 bridgehead atoms. The number of rotatable bonds is 5. The molecule has 1 aliphatic heterocycles. The summed E-state index contributed by atoms with van der Waals surface area (Å²) in [6, 6.07) is 7.82. The Bertz CT molecular complexity index is 356. The largest absolute Gasteiger partial charge is 0.494 e. The number of ether oxygens (including phenoxy) is 3. The highest BCUT2D eigenvalue weighted by Gasteiger charge is 2.26. The third-order valence-corrected chi connectivity index (χ3v) is 2.68. The first kappa shape index (κ1) is 12.4. The van der Waals surface area contributed by atoms with E-state index in [1.807, 2.05) is 31.2 Å². The van der Waals surface area contributed by atoms with Crippen molar-refractivity contribution >= 4 is 0 Å². The molecular weight excluding hydrogens is 218 g/mol. The van der Waals surface area contributed by atoms with E-state index in [4.69, 9.17) is 19.9 Å². The first-order chi connectivity index (χ1) is 8.33. The second-order valence-corrected chi connectivity index (χ2v) is 4.01. The van der Waals surface area contributed by atoms with Crippen LogP contribution < -0.4 is 10.5 Å². The zero-order valence-corrected chi connectivity index (χ0v) is 10.1. The number of hydrogen-bond acceptors (Lipinski definition) is 4. The van der Waals surface area contributed by atoms with E-state index >= 15 is 0 Å². The summed E-state index contributed by atoms with van der Waals surface area (Å²) < 4.78 is 16.8. The molecule has 1 saturated heterocycles. The molecule has 0 amide bonds. The van der Waals surface area contributed by atoms with Gasteiger partial charge in [-0.1, -0.05) is 12.1 Å². The van der Waals surface area contributed by atoms with Gasteiger partial charge in [0, 0.05) is 5.56 Å². The number of benzene rings is 1. The highest BCUT2D eigenvalue weighted by molar-refractivity contribution is 5.29. The molecule has 1 aromatic rings. The number of hydrogen-bond donors (Lipinski definition) is 1. The molecule has 17 heavy (non-hydrogen) atoms. The Morgan fingerprint density at radius 2 is 2.35 bits per heavy atom. The van der Waals surface area contributed by atoms with Crippen LogP contribution in [0.15, 0.2) is 24.3 Å². The SMILES string of the molecule is CCOc1cccc(C2OCC(CCN)O2)c1. The van der Waals surface area contributed by atoms with Crippen LogP contribution >= 0.6 is 0 Å². The average Bonchev–Trinajstić information content (AvgIpc) is 2.79. The zero-order chi connectivity index (χ0) is 12.1. The van der Waals surface area contributed by atoms with E-state index in [9.17, 15) is 0 Å². The van der Waals surface area contributed by atoms with Crippen molar-refractivity contribution in [3.63, 3.8) is 0 Å². The Balaban J connectivity index is 2.00. The predicted octanol–water partition coefficient (Wildman–Crippen LogP) is 1.85. The molecule has 1 aromatic carbocycles. The van der Waals surface area contributed by atoms with E-state index in [1.165, 1.54) is 0 Å². The molecule has 2 atom stereocenters. The van der Waals surface area contributed by atoms with Gasteiger partial charge >= 0.3 is 0 Å². The fraction of sp³-hybridized carbons (Fsp3) is 0.538. The maximum absolute atomic E-state index is 5.76. The van der Waals surface area contributed by atoms with E-state index in [2.05, 4.69) is 0 Å². The van der Waals surface area contributed by atoms with Gasteiger partial charge in [-0.2, -0.15) is 0 Å². The van der Waals surface area contributed by atoms with Gasteiger partial charge < -0.3 is 19.9 Å². The average molecular weight is 237 g/mol. The smallest absolute Gasteiger partial charge is 0.184 e. The highest BCUT2D eigenvalue weighted by atomic mass is 16.7. The molecule has 1 aliphatic rings. The molecule has 0 aromatic heterocycles. The summed E-state index contributed by atoms with van der Waals surface area (Å²) in [5.74, 6) is 0.847. The lowest BCUT2D eigenvalue weighted by Crippen LogP contribution is -2.15. The van der Waals surface area contributed by atoms with Gasteiger partial charge in [0.2, 0.25) is 0 Å². The van der Waals surface area contributed by atoms with Crippen molar-refractivity contribution in [2.75, 3.05) is 19.8 Å². The van der Waals surface area contributed by atoms with Gasteiger partial charge in [-0.25, -0.2) is 0 Å². The van der Waals surface area contributed by atoms with Crippen LogP contribution in [0.3, 0.4) is 0 Å². The van der Waals surface area contributed by atoms with Crippen LogP contribution in [0.5, 0.6) is 5.75 Å². The molecule has 4 heteroatoms. The molecule has 0 radical (unpaired) electrons. The Hall–Kier alpha value is -1.10. The summed E-state index contributed by atoms with van der Waals surface area (Å²) in [5, 5.41) is 0. The van der Waals surface area contributed by atoms with E-state index in [0.29, 0.717) is 19.8 Å². The van der Waals surface area contributed by atoms with Gasteiger partial charge in [-0.05, 0) is 32.0 Å². The summed E-state index contributed by atoms with van der Waals surface area (Å²) in [4.78, 5) is 0. The van der Waals surface area contributed by atoms with E-state index in [1.54, 1.807) is 0 Å². The molecule has 4 nitrogen and oxygen atoms in total. The number of nitrogens with two attached hydrogens (primary N) is 1. The first-order valence-electron chi connectivity index (χ1n) is 6.03. The Morgan fingerprint density at radius 3 is 3.12 bits per heavy atom. The van der Waals surface area contributed by atoms with E-state index in [0.717, 1.165) is 17.7 Å². The van der Waals surface area contributed by atoms with Crippen LogP contribution in [0, 0.1) is 0 Å². The highest BCUT2D eigenvalue weighted by Crippen LogP contribution is 2.29. The van der Waals surface area contributed by atoms with Crippen molar-refractivity contribution in [3.05, 3.63) is 29.8 Å². The summed E-state index contributed by atoms with van der Waals surface area (Å²) in [7, 11) is 0.